The van der Waals surface area contributed by atoms with Gasteiger partial charge in [0.1, 0.15) is 0 Å². The predicted octanol–water partition coefficient (Wildman–Crippen LogP) is 2.05. The highest BCUT2D eigenvalue weighted by Gasteiger charge is 2.31. The fraction of sp³-hybridized carbons (Fsp3) is 0.818. The van der Waals surface area contributed by atoms with E-state index in [9.17, 15) is 9.59 Å². The van der Waals surface area contributed by atoms with E-state index in [0.717, 1.165) is 6.42 Å². The summed E-state index contributed by atoms with van der Waals surface area (Å²) in [7, 11) is 0. The van der Waals surface area contributed by atoms with Crippen molar-refractivity contribution in [1.82, 2.24) is 0 Å². The van der Waals surface area contributed by atoms with Crippen molar-refractivity contribution in [2.45, 2.75) is 44.9 Å². The number of carbonyl (C=O) groups is 2. The van der Waals surface area contributed by atoms with Gasteiger partial charge in [-0.2, -0.15) is 0 Å². The second-order valence-corrected chi connectivity index (χ2v) is 4.41. The quantitative estimate of drug-likeness (QED) is 0.501. The Morgan fingerprint density at radius 2 is 1.86 bits per heavy atom. The molecular formula is C11H16O3. The molecule has 3 heteroatoms. The van der Waals surface area contributed by atoms with Crippen LogP contribution in [0.15, 0.2) is 0 Å². The Morgan fingerprint density at radius 3 is 2.50 bits per heavy atom. The Morgan fingerprint density at radius 1 is 1.14 bits per heavy atom. The molecule has 1 aliphatic carbocycles. The fourth-order valence-corrected chi connectivity index (χ4v) is 2.52. The molecule has 0 spiro atoms. The molecular weight excluding hydrogens is 180 g/mol. The zero-order chi connectivity index (χ0) is 9.97. The molecule has 1 aliphatic heterocycles. The molecule has 1 heterocycles. The van der Waals surface area contributed by atoms with Crippen molar-refractivity contribution < 1.29 is 14.3 Å². The van der Waals surface area contributed by atoms with Gasteiger partial charge in [-0.1, -0.05) is 25.7 Å². The highest BCUT2D eigenvalue weighted by Crippen LogP contribution is 2.33. The van der Waals surface area contributed by atoms with Crippen LogP contribution in [0, 0.1) is 11.8 Å². The summed E-state index contributed by atoms with van der Waals surface area (Å²) < 4.78 is 4.63. The Kier molecular flexibility index (Phi) is 2.85. The standard InChI is InChI=1S/C11H16O3/c12-10-6-5-9(11(13)14-10)7-8-3-1-2-4-8/h8-9H,1-7H2. The van der Waals surface area contributed by atoms with Crippen LogP contribution in [-0.4, -0.2) is 11.9 Å². The smallest absolute Gasteiger partial charge is 0.316 e. The van der Waals surface area contributed by atoms with Gasteiger partial charge in [0.05, 0.1) is 5.92 Å². The highest BCUT2D eigenvalue weighted by atomic mass is 16.6. The summed E-state index contributed by atoms with van der Waals surface area (Å²) in [5.41, 5.74) is 0. The Balaban J connectivity index is 1.85. The van der Waals surface area contributed by atoms with E-state index in [2.05, 4.69) is 4.74 Å². The monoisotopic (exact) mass is 196 g/mol. The Labute approximate surface area is 83.8 Å². The molecule has 0 amide bonds. The number of cyclic esters (lactones) is 2. The van der Waals surface area contributed by atoms with Crippen molar-refractivity contribution in [3.8, 4) is 0 Å². The number of ether oxygens (including phenoxy) is 1. The van der Waals surface area contributed by atoms with Crippen LogP contribution in [-0.2, 0) is 14.3 Å². The fourth-order valence-electron chi connectivity index (χ4n) is 2.52. The van der Waals surface area contributed by atoms with Gasteiger partial charge in [0.15, 0.2) is 0 Å². The van der Waals surface area contributed by atoms with Gasteiger partial charge in [0, 0.05) is 6.42 Å². The third kappa shape index (κ3) is 2.14. The molecule has 0 bridgehead atoms. The van der Waals surface area contributed by atoms with E-state index in [1.807, 2.05) is 0 Å². The van der Waals surface area contributed by atoms with E-state index in [1.54, 1.807) is 0 Å². The highest BCUT2D eigenvalue weighted by molar-refractivity contribution is 5.89. The number of rotatable bonds is 2. The van der Waals surface area contributed by atoms with Crippen LogP contribution in [0.1, 0.15) is 44.9 Å². The number of hydrogen-bond acceptors (Lipinski definition) is 3. The minimum Gasteiger partial charge on any atom is -0.393 e. The summed E-state index contributed by atoms with van der Waals surface area (Å²) in [5.74, 6) is 0.0578. The largest absolute Gasteiger partial charge is 0.393 e. The molecule has 0 aromatic heterocycles. The summed E-state index contributed by atoms with van der Waals surface area (Å²) in [6.45, 7) is 0. The molecule has 1 saturated carbocycles. The summed E-state index contributed by atoms with van der Waals surface area (Å²) in [6, 6.07) is 0. The third-order valence-electron chi connectivity index (χ3n) is 3.34. The second-order valence-electron chi connectivity index (χ2n) is 4.41. The lowest BCUT2D eigenvalue weighted by Crippen LogP contribution is -2.28. The number of carbonyl (C=O) groups excluding carboxylic acids is 2. The van der Waals surface area contributed by atoms with Crippen molar-refractivity contribution in [3.63, 3.8) is 0 Å². The van der Waals surface area contributed by atoms with Crippen LogP contribution in [0.3, 0.4) is 0 Å². The molecule has 3 nitrogen and oxygen atoms in total. The van der Waals surface area contributed by atoms with Crippen molar-refractivity contribution in [2.24, 2.45) is 11.8 Å². The molecule has 78 valence electrons. The van der Waals surface area contributed by atoms with E-state index in [4.69, 9.17) is 0 Å². The SMILES string of the molecule is O=C1CCC(CC2CCCC2)C(=O)O1. The zero-order valence-electron chi connectivity index (χ0n) is 8.33. The van der Waals surface area contributed by atoms with E-state index in [1.165, 1.54) is 25.7 Å². The average molecular weight is 196 g/mol. The predicted molar refractivity (Wildman–Crippen MR) is 50.4 cm³/mol. The van der Waals surface area contributed by atoms with Crippen LogP contribution < -0.4 is 0 Å². The molecule has 0 radical (unpaired) electrons. The first-order chi connectivity index (χ1) is 6.75. The maximum Gasteiger partial charge on any atom is 0.316 e. The van der Waals surface area contributed by atoms with Gasteiger partial charge in [0.2, 0.25) is 0 Å². The van der Waals surface area contributed by atoms with Gasteiger partial charge in [-0.15, -0.1) is 0 Å². The minimum absolute atomic E-state index is 0.00389. The molecule has 2 fully saturated rings. The summed E-state index contributed by atoms with van der Waals surface area (Å²) in [5, 5.41) is 0. The molecule has 1 atom stereocenters. The molecule has 1 unspecified atom stereocenters. The van der Waals surface area contributed by atoms with Gasteiger partial charge in [-0.3, -0.25) is 9.59 Å². The summed E-state index contributed by atoms with van der Waals surface area (Å²) in [4.78, 5) is 22.2. The van der Waals surface area contributed by atoms with Crippen LogP contribution in [0.5, 0.6) is 0 Å². The van der Waals surface area contributed by atoms with E-state index in [-0.39, 0.29) is 17.9 Å². The normalized spacial score (nSPS) is 29.3. The van der Waals surface area contributed by atoms with Crippen molar-refractivity contribution in [3.05, 3.63) is 0 Å². The Bertz CT molecular complexity index is 241. The van der Waals surface area contributed by atoms with E-state index >= 15 is 0 Å². The Hall–Kier alpha value is -0.860. The maximum atomic E-state index is 11.3. The van der Waals surface area contributed by atoms with Crippen LogP contribution in [0.25, 0.3) is 0 Å². The molecule has 0 N–H and O–H groups in total. The maximum absolute atomic E-state index is 11.3. The van der Waals surface area contributed by atoms with Crippen LogP contribution >= 0.6 is 0 Å². The number of esters is 2. The molecule has 14 heavy (non-hydrogen) atoms. The second kappa shape index (κ2) is 4.11. The third-order valence-corrected chi connectivity index (χ3v) is 3.34. The van der Waals surface area contributed by atoms with Crippen molar-refractivity contribution in [2.75, 3.05) is 0 Å². The van der Waals surface area contributed by atoms with Gasteiger partial charge in [0.25, 0.3) is 0 Å². The molecule has 2 aliphatic rings. The zero-order valence-corrected chi connectivity index (χ0v) is 8.33. The van der Waals surface area contributed by atoms with Crippen LogP contribution in [0.4, 0.5) is 0 Å². The first kappa shape index (κ1) is 9.69. The average Bonchev–Trinajstić information content (AvgIpc) is 2.62. The topological polar surface area (TPSA) is 43.4 Å². The van der Waals surface area contributed by atoms with Crippen molar-refractivity contribution >= 4 is 11.9 Å². The molecule has 0 aromatic rings. The summed E-state index contributed by atoms with van der Waals surface area (Å²) >= 11 is 0. The van der Waals surface area contributed by atoms with Gasteiger partial charge in [-0.05, 0) is 18.8 Å². The minimum atomic E-state index is -0.349. The first-order valence-corrected chi connectivity index (χ1v) is 5.50. The lowest BCUT2D eigenvalue weighted by Gasteiger charge is -2.21. The van der Waals surface area contributed by atoms with Gasteiger partial charge >= 0.3 is 11.9 Å². The summed E-state index contributed by atoms with van der Waals surface area (Å²) in [6.07, 6.45) is 7.15. The lowest BCUT2D eigenvalue weighted by molar-refractivity contribution is -0.167. The lowest BCUT2D eigenvalue weighted by atomic mass is 9.89. The first-order valence-electron chi connectivity index (χ1n) is 5.50. The van der Waals surface area contributed by atoms with Crippen molar-refractivity contribution in [1.29, 1.82) is 0 Å². The van der Waals surface area contributed by atoms with E-state index < -0.39 is 0 Å². The molecule has 0 aromatic carbocycles. The van der Waals surface area contributed by atoms with Crippen LogP contribution in [0.2, 0.25) is 0 Å². The molecule has 2 rings (SSSR count). The van der Waals surface area contributed by atoms with Gasteiger partial charge < -0.3 is 4.74 Å². The molecule has 1 saturated heterocycles. The van der Waals surface area contributed by atoms with Gasteiger partial charge in [-0.25, -0.2) is 0 Å². The van der Waals surface area contributed by atoms with E-state index in [0.29, 0.717) is 18.8 Å². The number of hydrogen-bond donors (Lipinski definition) is 0.